The second-order valence-electron chi connectivity index (χ2n) is 5.59. The van der Waals surface area contributed by atoms with Crippen molar-refractivity contribution >= 4 is 52.7 Å². The summed E-state index contributed by atoms with van der Waals surface area (Å²) in [5.41, 5.74) is 0.383. The highest BCUT2D eigenvalue weighted by Crippen LogP contribution is 2.22. The fourth-order valence-electron chi connectivity index (χ4n) is 2.24. The van der Waals surface area contributed by atoms with E-state index in [0.29, 0.717) is 15.7 Å². The van der Waals surface area contributed by atoms with Gasteiger partial charge >= 0.3 is 12.0 Å². The summed E-state index contributed by atoms with van der Waals surface area (Å²) in [4.78, 5) is 47.7. The number of hydrogen-bond donors (Lipinski definition) is 2. The number of imide groups is 1. The van der Waals surface area contributed by atoms with E-state index in [1.54, 1.807) is 0 Å². The van der Waals surface area contributed by atoms with Gasteiger partial charge in [-0.2, -0.15) is 0 Å². The molecule has 1 saturated heterocycles. The molecule has 1 atom stereocenters. The van der Waals surface area contributed by atoms with Crippen molar-refractivity contribution in [2.75, 3.05) is 18.4 Å². The van der Waals surface area contributed by atoms with Crippen LogP contribution in [0.25, 0.3) is 0 Å². The maximum absolute atomic E-state index is 12.1. The minimum atomic E-state index is -1.03. The molecule has 0 aromatic heterocycles. The fraction of sp³-hybridized carbons (Fsp3) is 0.375. The summed E-state index contributed by atoms with van der Waals surface area (Å²) in [7, 11) is 0. The molecule has 1 aliphatic heterocycles. The smallest absolute Gasteiger partial charge is 0.324 e. The predicted octanol–water partition coefficient (Wildman–Crippen LogP) is 2.20. The van der Waals surface area contributed by atoms with E-state index in [-0.39, 0.29) is 31.8 Å². The van der Waals surface area contributed by atoms with Gasteiger partial charge in [0.1, 0.15) is 0 Å². The van der Waals surface area contributed by atoms with Crippen LogP contribution in [0.2, 0.25) is 10.0 Å². The maximum atomic E-state index is 12.1. The Morgan fingerprint density at radius 2 is 1.92 bits per heavy atom. The second-order valence-corrected chi connectivity index (χ2v) is 6.46. The zero-order valence-corrected chi connectivity index (χ0v) is 15.4. The summed E-state index contributed by atoms with van der Waals surface area (Å²) >= 11 is 11.7. The Bertz CT molecular complexity index is 704. The zero-order valence-electron chi connectivity index (χ0n) is 13.9. The summed E-state index contributed by atoms with van der Waals surface area (Å²) in [6, 6.07) is 4.07. The van der Waals surface area contributed by atoms with E-state index in [4.69, 9.17) is 27.9 Å². The molecule has 10 heteroatoms. The first-order valence-electron chi connectivity index (χ1n) is 7.81. The van der Waals surface area contributed by atoms with Crippen molar-refractivity contribution < 1.29 is 23.9 Å². The lowest BCUT2D eigenvalue weighted by atomic mass is 10.2. The van der Waals surface area contributed by atoms with Crippen molar-refractivity contribution in [3.05, 3.63) is 28.2 Å². The predicted molar refractivity (Wildman–Crippen MR) is 95.0 cm³/mol. The number of amides is 4. The summed E-state index contributed by atoms with van der Waals surface area (Å²) in [6.45, 7) is 1.51. The second kappa shape index (κ2) is 8.86. The van der Waals surface area contributed by atoms with E-state index in [0.717, 1.165) is 4.90 Å². The van der Waals surface area contributed by atoms with Crippen LogP contribution < -0.4 is 10.6 Å². The number of halogens is 2. The topological polar surface area (TPSA) is 105 Å². The Labute approximate surface area is 159 Å². The lowest BCUT2D eigenvalue weighted by molar-refractivity contribution is -0.153. The number of benzene rings is 1. The van der Waals surface area contributed by atoms with Gasteiger partial charge in [0.15, 0.2) is 6.10 Å². The molecule has 2 rings (SSSR count). The van der Waals surface area contributed by atoms with Gasteiger partial charge in [0.2, 0.25) is 5.91 Å². The Hall–Kier alpha value is -2.32. The summed E-state index contributed by atoms with van der Waals surface area (Å²) in [5, 5.41) is 5.65. The number of nitrogens with one attached hydrogen (secondary N) is 2. The van der Waals surface area contributed by atoms with Crippen LogP contribution in [-0.2, 0) is 19.1 Å². The Balaban J connectivity index is 1.76. The number of anilines is 1. The lowest BCUT2D eigenvalue weighted by Crippen LogP contribution is -2.33. The van der Waals surface area contributed by atoms with Gasteiger partial charge in [-0.15, -0.1) is 0 Å². The van der Waals surface area contributed by atoms with Gasteiger partial charge in [0.25, 0.3) is 5.91 Å². The minimum absolute atomic E-state index is 0.0301. The first kappa shape index (κ1) is 20.0. The van der Waals surface area contributed by atoms with Gasteiger partial charge in [-0.25, -0.2) is 4.79 Å². The van der Waals surface area contributed by atoms with Crippen molar-refractivity contribution in [2.24, 2.45) is 0 Å². The highest BCUT2D eigenvalue weighted by molar-refractivity contribution is 6.35. The number of carbonyl (C=O) groups is 4. The van der Waals surface area contributed by atoms with Crippen LogP contribution in [0.4, 0.5) is 10.5 Å². The first-order valence-corrected chi connectivity index (χ1v) is 8.56. The SMILES string of the molecule is CC(OC(=O)CCCN1C(=O)CNC1=O)C(=O)Nc1cc(Cl)cc(Cl)c1. The van der Waals surface area contributed by atoms with Crippen LogP contribution in [0.3, 0.4) is 0 Å². The molecule has 0 aliphatic carbocycles. The third kappa shape index (κ3) is 5.60. The molecule has 0 spiro atoms. The average molecular weight is 402 g/mol. The van der Waals surface area contributed by atoms with Gasteiger partial charge in [0.05, 0.1) is 6.54 Å². The van der Waals surface area contributed by atoms with Crippen molar-refractivity contribution in [1.82, 2.24) is 10.2 Å². The van der Waals surface area contributed by atoms with Gasteiger partial charge in [-0.3, -0.25) is 19.3 Å². The Morgan fingerprint density at radius 1 is 1.27 bits per heavy atom. The van der Waals surface area contributed by atoms with Crippen LogP contribution in [0.5, 0.6) is 0 Å². The Kier molecular flexibility index (Phi) is 6.82. The maximum Gasteiger partial charge on any atom is 0.324 e. The Morgan fingerprint density at radius 3 is 2.50 bits per heavy atom. The molecule has 1 aliphatic rings. The van der Waals surface area contributed by atoms with Gasteiger partial charge in [-0.05, 0) is 31.5 Å². The molecule has 140 valence electrons. The molecule has 0 radical (unpaired) electrons. The molecule has 1 heterocycles. The lowest BCUT2D eigenvalue weighted by Gasteiger charge is -2.15. The van der Waals surface area contributed by atoms with Crippen molar-refractivity contribution in [1.29, 1.82) is 0 Å². The van der Waals surface area contributed by atoms with Crippen LogP contribution in [-0.4, -0.2) is 47.9 Å². The quantitative estimate of drug-likeness (QED) is 0.538. The summed E-state index contributed by atoms with van der Waals surface area (Å²) in [5.74, 6) is -1.48. The standard InChI is InChI=1S/C16H17Cl2N3O5/c1-9(15(24)20-12-6-10(17)5-11(18)7-12)26-14(23)3-2-4-21-13(22)8-19-16(21)25/h5-7,9H,2-4,8H2,1H3,(H,19,25)(H,20,24). The van der Waals surface area contributed by atoms with Crippen molar-refractivity contribution in [2.45, 2.75) is 25.9 Å². The van der Waals surface area contributed by atoms with E-state index in [9.17, 15) is 19.2 Å². The highest BCUT2D eigenvalue weighted by Gasteiger charge is 2.28. The summed E-state index contributed by atoms with van der Waals surface area (Å²) < 4.78 is 5.04. The number of esters is 1. The number of rotatable bonds is 7. The first-order chi connectivity index (χ1) is 12.3. The van der Waals surface area contributed by atoms with Crippen LogP contribution in [0.15, 0.2) is 18.2 Å². The fourth-order valence-corrected chi connectivity index (χ4v) is 2.77. The molecule has 26 heavy (non-hydrogen) atoms. The van der Waals surface area contributed by atoms with Crippen LogP contribution in [0, 0.1) is 0 Å². The molecule has 1 unspecified atom stereocenters. The number of carbonyl (C=O) groups excluding carboxylic acids is 4. The van der Waals surface area contributed by atoms with Crippen LogP contribution >= 0.6 is 23.2 Å². The van der Waals surface area contributed by atoms with Crippen LogP contribution in [0.1, 0.15) is 19.8 Å². The molecule has 1 fully saturated rings. The van der Waals surface area contributed by atoms with E-state index in [1.807, 2.05) is 0 Å². The van der Waals surface area contributed by atoms with E-state index >= 15 is 0 Å². The molecule has 2 N–H and O–H groups in total. The summed E-state index contributed by atoms with van der Waals surface area (Å²) in [6.07, 6.45) is -0.814. The molecule has 0 bridgehead atoms. The zero-order chi connectivity index (χ0) is 19.3. The molecule has 8 nitrogen and oxygen atoms in total. The number of hydrogen-bond acceptors (Lipinski definition) is 5. The highest BCUT2D eigenvalue weighted by atomic mass is 35.5. The molecular weight excluding hydrogens is 385 g/mol. The number of urea groups is 1. The number of nitrogens with zero attached hydrogens (tertiary/aromatic N) is 1. The number of ether oxygens (including phenoxy) is 1. The van der Waals surface area contributed by atoms with Gasteiger partial charge in [-0.1, -0.05) is 23.2 Å². The van der Waals surface area contributed by atoms with E-state index in [2.05, 4.69) is 10.6 Å². The molecular formula is C16H17Cl2N3O5. The molecule has 0 saturated carbocycles. The van der Waals surface area contributed by atoms with Crippen molar-refractivity contribution in [3.63, 3.8) is 0 Å². The van der Waals surface area contributed by atoms with Gasteiger partial charge < -0.3 is 15.4 Å². The minimum Gasteiger partial charge on any atom is -0.453 e. The monoisotopic (exact) mass is 401 g/mol. The van der Waals surface area contributed by atoms with E-state index in [1.165, 1.54) is 25.1 Å². The van der Waals surface area contributed by atoms with Crippen molar-refractivity contribution in [3.8, 4) is 0 Å². The molecule has 1 aromatic carbocycles. The third-order valence-corrected chi connectivity index (χ3v) is 3.94. The molecule has 4 amide bonds. The van der Waals surface area contributed by atoms with Gasteiger partial charge in [0, 0.05) is 28.7 Å². The third-order valence-electron chi connectivity index (χ3n) is 3.51. The van der Waals surface area contributed by atoms with E-state index < -0.39 is 24.0 Å². The normalized spacial score (nSPS) is 14.8. The largest absolute Gasteiger partial charge is 0.453 e. The average Bonchev–Trinajstić information content (AvgIpc) is 2.85. The molecule has 1 aromatic rings.